The molecule has 0 atom stereocenters. The van der Waals surface area contributed by atoms with Crippen molar-refractivity contribution in [1.82, 2.24) is 9.78 Å². The van der Waals surface area contributed by atoms with Gasteiger partial charge in [0.05, 0.1) is 0 Å². The number of anilines is 1. The third-order valence-corrected chi connectivity index (χ3v) is 3.21. The molecule has 4 nitrogen and oxygen atoms in total. The minimum absolute atomic E-state index is 0.290. The van der Waals surface area contributed by atoms with E-state index in [1.54, 1.807) is 16.9 Å². The monoisotopic (exact) mass is 277 g/mol. The lowest BCUT2D eigenvalue weighted by molar-refractivity contribution is 0.101. The van der Waals surface area contributed by atoms with Gasteiger partial charge >= 0.3 is 0 Å². The fourth-order valence-electron chi connectivity index (χ4n) is 1.99. The summed E-state index contributed by atoms with van der Waals surface area (Å²) < 4.78 is 28.7. The van der Waals surface area contributed by atoms with Crippen molar-refractivity contribution in [2.45, 2.75) is 19.4 Å². The van der Waals surface area contributed by atoms with E-state index in [4.69, 9.17) is 0 Å². The number of aromatic nitrogens is 2. The normalized spacial score (nSPS) is 14.3. The Kier molecular flexibility index (Phi) is 3.22. The Morgan fingerprint density at radius 1 is 1.30 bits per heavy atom. The summed E-state index contributed by atoms with van der Waals surface area (Å²) in [5.41, 5.74) is -0.593. The van der Waals surface area contributed by atoms with Crippen molar-refractivity contribution in [3.63, 3.8) is 0 Å². The summed E-state index contributed by atoms with van der Waals surface area (Å²) in [7, 11) is 0. The molecule has 3 rings (SSSR count). The average Bonchev–Trinajstić information content (AvgIpc) is 3.09. The van der Waals surface area contributed by atoms with Crippen LogP contribution < -0.4 is 5.32 Å². The van der Waals surface area contributed by atoms with Gasteiger partial charge in [-0.2, -0.15) is 5.10 Å². The minimum atomic E-state index is -0.889. The fourth-order valence-corrected chi connectivity index (χ4v) is 1.99. The Labute approximate surface area is 114 Å². The van der Waals surface area contributed by atoms with E-state index in [0.29, 0.717) is 11.7 Å². The van der Waals surface area contributed by atoms with E-state index in [1.165, 1.54) is 18.9 Å². The Hall–Kier alpha value is -2.24. The molecule has 0 unspecified atom stereocenters. The number of benzene rings is 1. The van der Waals surface area contributed by atoms with Crippen LogP contribution in [0.2, 0.25) is 0 Å². The van der Waals surface area contributed by atoms with Crippen molar-refractivity contribution in [1.29, 1.82) is 0 Å². The fraction of sp³-hybridized carbons (Fsp3) is 0.286. The number of hydrogen-bond donors (Lipinski definition) is 1. The molecule has 1 N–H and O–H groups in total. The largest absolute Gasteiger partial charge is 0.305 e. The van der Waals surface area contributed by atoms with Gasteiger partial charge in [-0.05, 0) is 30.9 Å². The summed E-state index contributed by atoms with van der Waals surface area (Å²) in [4.78, 5) is 11.9. The Morgan fingerprint density at radius 3 is 2.65 bits per heavy atom. The summed E-state index contributed by atoms with van der Waals surface area (Å²) in [6.07, 6.45) is 4.13. The van der Waals surface area contributed by atoms with E-state index in [1.807, 2.05) is 0 Å². The number of halogens is 2. The number of carbonyl (C=O) groups excluding carboxylic acids is 1. The molecule has 1 aliphatic carbocycles. The molecular weight excluding hydrogens is 264 g/mol. The molecule has 0 spiro atoms. The molecule has 2 aromatic rings. The lowest BCUT2D eigenvalue weighted by Crippen LogP contribution is -2.16. The lowest BCUT2D eigenvalue weighted by atomic mass is 10.2. The van der Waals surface area contributed by atoms with Crippen LogP contribution in [-0.4, -0.2) is 15.7 Å². The Bertz CT molecular complexity index is 629. The predicted octanol–water partition coefficient (Wildman–Crippen LogP) is 2.82. The first-order chi connectivity index (χ1) is 9.63. The zero-order valence-corrected chi connectivity index (χ0v) is 10.6. The highest BCUT2D eigenvalue weighted by atomic mass is 19.1. The SMILES string of the molecule is O=C(Nc1ccn(CC2CC2)n1)c1c(F)cccc1F. The quantitative estimate of drug-likeness (QED) is 0.934. The summed E-state index contributed by atoms with van der Waals surface area (Å²) in [5.74, 6) is -1.67. The van der Waals surface area contributed by atoms with Crippen LogP contribution in [0.5, 0.6) is 0 Å². The van der Waals surface area contributed by atoms with Crippen molar-refractivity contribution in [3.05, 3.63) is 47.7 Å². The van der Waals surface area contributed by atoms with Crippen LogP contribution in [0.3, 0.4) is 0 Å². The Morgan fingerprint density at radius 2 is 2.00 bits per heavy atom. The van der Waals surface area contributed by atoms with Gasteiger partial charge < -0.3 is 5.32 Å². The molecule has 20 heavy (non-hydrogen) atoms. The molecular formula is C14H13F2N3O. The maximum Gasteiger partial charge on any atom is 0.262 e. The summed E-state index contributed by atoms with van der Waals surface area (Å²) in [6, 6.07) is 4.91. The highest BCUT2D eigenvalue weighted by Gasteiger charge is 2.22. The van der Waals surface area contributed by atoms with Gasteiger partial charge in [0.15, 0.2) is 5.82 Å². The number of nitrogens with one attached hydrogen (secondary N) is 1. The topological polar surface area (TPSA) is 46.9 Å². The smallest absolute Gasteiger partial charge is 0.262 e. The van der Waals surface area contributed by atoms with Crippen molar-refractivity contribution in [2.24, 2.45) is 5.92 Å². The van der Waals surface area contributed by atoms with Crippen LogP contribution in [0.1, 0.15) is 23.2 Å². The molecule has 0 saturated heterocycles. The molecule has 1 aromatic heterocycles. The zero-order valence-electron chi connectivity index (χ0n) is 10.6. The van der Waals surface area contributed by atoms with Crippen molar-refractivity contribution in [3.8, 4) is 0 Å². The summed E-state index contributed by atoms with van der Waals surface area (Å²) >= 11 is 0. The van der Waals surface area contributed by atoms with E-state index in [-0.39, 0.29) is 0 Å². The van der Waals surface area contributed by atoms with Crippen LogP contribution in [0.15, 0.2) is 30.5 Å². The second-order valence-corrected chi connectivity index (χ2v) is 4.92. The number of nitrogens with zero attached hydrogens (tertiary/aromatic N) is 2. The van der Waals surface area contributed by atoms with Crippen LogP contribution >= 0.6 is 0 Å². The molecule has 104 valence electrons. The maximum atomic E-state index is 13.5. The second kappa shape index (κ2) is 5.03. The molecule has 0 bridgehead atoms. The molecule has 1 heterocycles. The first kappa shape index (κ1) is 12.8. The minimum Gasteiger partial charge on any atom is -0.305 e. The highest BCUT2D eigenvalue weighted by molar-refractivity contribution is 6.04. The van der Waals surface area contributed by atoms with E-state index < -0.39 is 23.1 Å². The van der Waals surface area contributed by atoms with Crippen molar-refractivity contribution in [2.75, 3.05) is 5.32 Å². The number of carbonyl (C=O) groups is 1. The molecule has 1 amide bonds. The van der Waals surface area contributed by atoms with Crippen LogP contribution in [0.25, 0.3) is 0 Å². The first-order valence-electron chi connectivity index (χ1n) is 6.42. The van der Waals surface area contributed by atoms with E-state index in [2.05, 4.69) is 10.4 Å². The average molecular weight is 277 g/mol. The molecule has 6 heteroatoms. The standard InChI is InChI=1S/C14H13F2N3O/c15-10-2-1-3-11(16)13(10)14(20)17-12-6-7-19(18-12)8-9-4-5-9/h1-3,6-7,9H,4-5,8H2,(H,17,18,20). The van der Waals surface area contributed by atoms with Gasteiger partial charge in [-0.25, -0.2) is 8.78 Å². The van der Waals surface area contributed by atoms with Crippen LogP contribution in [0.4, 0.5) is 14.6 Å². The van der Waals surface area contributed by atoms with E-state index >= 15 is 0 Å². The van der Waals surface area contributed by atoms with Gasteiger partial charge in [-0.15, -0.1) is 0 Å². The third kappa shape index (κ3) is 2.68. The molecule has 1 aliphatic rings. The zero-order chi connectivity index (χ0) is 14.1. The number of amides is 1. The van der Waals surface area contributed by atoms with E-state index in [0.717, 1.165) is 18.7 Å². The van der Waals surface area contributed by atoms with Gasteiger partial charge in [0.2, 0.25) is 0 Å². The molecule has 1 aromatic carbocycles. The van der Waals surface area contributed by atoms with Gasteiger partial charge in [0.25, 0.3) is 5.91 Å². The van der Waals surface area contributed by atoms with Crippen LogP contribution in [0, 0.1) is 17.6 Å². The molecule has 1 saturated carbocycles. The van der Waals surface area contributed by atoms with Gasteiger partial charge in [-0.3, -0.25) is 9.48 Å². The number of rotatable bonds is 4. The molecule has 0 aliphatic heterocycles. The van der Waals surface area contributed by atoms with Crippen molar-refractivity contribution >= 4 is 11.7 Å². The summed E-state index contributed by atoms with van der Waals surface area (Å²) in [5, 5.41) is 6.56. The Balaban J connectivity index is 1.73. The predicted molar refractivity (Wildman–Crippen MR) is 69.3 cm³/mol. The highest BCUT2D eigenvalue weighted by Crippen LogP contribution is 2.30. The molecule has 1 fully saturated rings. The van der Waals surface area contributed by atoms with Gasteiger partial charge in [-0.1, -0.05) is 6.07 Å². The third-order valence-electron chi connectivity index (χ3n) is 3.21. The first-order valence-corrected chi connectivity index (χ1v) is 6.42. The molecule has 0 radical (unpaired) electrons. The van der Waals surface area contributed by atoms with Gasteiger partial charge in [0, 0.05) is 18.8 Å². The maximum absolute atomic E-state index is 13.5. The van der Waals surface area contributed by atoms with Gasteiger partial charge in [0.1, 0.15) is 17.2 Å². The second-order valence-electron chi connectivity index (χ2n) is 4.92. The van der Waals surface area contributed by atoms with Crippen molar-refractivity contribution < 1.29 is 13.6 Å². The number of hydrogen-bond acceptors (Lipinski definition) is 2. The van der Waals surface area contributed by atoms with E-state index in [9.17, 15) is 13.6 Å². The van der Waals surface area contributed by atoms with Crippen LogP contribution in [-0.2, 0) is 6.54 Å². The lowest BCUT2D eigenvalue weighted by Gasteiger charge is -2.04. The summed E-state index contributed by atoms with van der Waals surface area (Å²) in [6.45, 7) is 0.809.